The number of carbonyl (C=O) groups excluding carboxylic acids is 1. The van der Waals surface area contributed by atoms with Crippen molar-refractivity contribution >= 4 is 29.2 Å². The molecule has 1 atom stereocenters. The predicted molar refractivity (Wildman–Crippen MR) is 89.1 cm³/mol. The third-order valence-electron chi connectivity index (χ3n) is 3.37. The van der Waals surface area contributed by atoms with Gasteiger partial charge in [-0.1, -0.05) is 36.4 Å². The van der Waals surface area contributed by atoms with Gasteiger partial charge in [0.2, 0.25) is 0 Å². The smallest absolute Gasteiger partial charge is 0.261 e. The summed E-state index contributed by atoms with van der Waals surface area (Å²) in [5.74, 6) is -0.529. The summed E-state index contributed by atoms with van der Waals surface area (Å²) >= 11 is 0. The van der Waals surface area contributed by atoms with E-state index in [-0.39, 0.29) is 5.91 Å². The first-order valence-electron chi connectivity index (χ1n) is 7.04. The standard InChI is InChI=1S/C17H16N4O/c1-13-16(12-18-19-14-8-4-2-5-9-14)17(22)21(20-13)15-10-6-3-7-11-15/h2-12,16,19H,1H3/b18-12+. The van der Waals surface area contributed by atoms with Gasteiger partial charge in [-0.25, -0.2) is 0 Å². The fourth-order valence-corrected chi connectivity index (χ4v) is 2.20. The second-order valence-electron chi connectivity index (χ2n) is 4.96. The van der Waals surface area contributed by atoms with Crippen molar-refractivity contribution in [2.24, 2.45) is 16.1 Å². The third-order valence-corrected chi connectivity index (χ3v) is 3.37. The highest BCUT2D eigenvalue weighted by Gasteiger charge is 2.33. The molecule has 0 saturated heterocycles. The number of rotatable bonds is 4. The van der Waals surface area contributed by atoms with Gasteiger partial charge in [-0.15, -0.1) is 0 Å². The number of para-hydroxylation sites is 2. The molecule has 0 bridgehead atoms. The van der Waals surface area contributed by atoms with Crippen molar-refractivity contribution in [3.05, 3.63) is 60.7 Å². The Morgan fingerprint density at radius 1 is 1.09 bits per heavy atom. The number of nitrogens with zero attached hydrogens (tertiary/aromatic N) is 3. The van der Waals surface area contributed by atoms with Gasteiger partial charge in [0, 0.05) is 6.21 Å². The zero-order valence-electron chi connectivity index (χ0n) is 12.2. The lowest BCUT2D eigenvalue weighted by molar-refractivity contribution is -0.118. The Morgan fingerprint density at radius 2 is 1.73 bits per heavy atom. The lowest BCUT2D eigenvalue weighted by Gasteiger charge is -2.12. The largest absolute Gasteiger partial charge is 0.279 e. The number of benzene rings is 2. The Labute approximate surface area is 129 Å². The molecule has 110 valence electrons. The van der Waals surface area contributed by atoms with Gasteiger partial charge in [-0.05, 0) is 31.2 Å². The molecule has 3 rings (SSSR count). The number of hydrazone groups is 2. The first-order valence-corrected chi connectivity index (χ1v) is 7.04. The van der Waals surface area contributed by atoms with Gasteiger partial charge < -0.3 is 0 Å². The van der Waals surface area contributed by atoms with Gasteiger partial charge in [-0.2, -0.15) is 15.2 Å². The SMILES string of the molecule is CC1=NN(c2ccccc2)C(=O)C1/C=N/Nc1ccccc1. The normalized spacial score (nSPS) is 17.9. The Balaban J connectivity index is 1.71. The van der Waals surface area contributed by atoms with Gasteiger partial charge in [0.15, 0.2) is 0 Å². The molecule has 1 heterocycles. The molecular weight excluding hydrogens is 276 g/mol. The van der Waals surface area contributed by atoms with Crippen LogP contribution in [0.15, 0.2) is 70.9 Å². The molecule has 5 nitrogen and oxygen atoms in total. The summed E-state index contributed by atoms with van der Waals surface area (Å²) in [6.07, 6.45) is 1.59. The zero-order chi connectivity index (χ0) is 15.4. The summed E-state index contributed by atoms with van der Waals surface area (Å²) in [5.41, 5.74) is 5.28. The molecule has 1 unspecified atom stereocenters. The van der Waals surface area contributed by atoms with E-state index in [1.165, 1.54) is 5.01 Å². The molecule has 2 aromatic rings. The number of amides is 1. The van der Waals surface area contributed by atoms with Crippen LogP contribution in [0.5, 0.6) is 0 Å². The summed E-state index contributed by atoms with van der Waals surface area (Å²) in [6, 6.07) is 19.0. The molecule has 2 aromatic carbocycles. The number of hydrogen-bond acceptors (Lipinski definition) is 4. The molecule has 5 heteroatoms. The van der Waals surface area contributed by atoms with Crippen LogP contribution in [0.2, 0.25) is 0 Å². The van der Waals surface area contributed by atoms with Crippen LogP contribution in [0.3, 0.4) is 0 Å². The van der Waals surface area contributed by atoms with Crippen molar-refractivity contribution in [1.82, 2.24) is 0 Å². The first kappa shape index (κ1) is 14.0. The van der Waals surface area contributed by atoms with E-state index in [9.17, 15) is 4.79 Å². The molecule has 0 aliphatic carbocycles. The van der Waals surface area contributed by atoms with Crippen LogP contribution in [-0.2, 0) is 4.79 Å². The molecule has 1 N–H and O–H groups in total. The van der Waals surface area contributed by atoms with Gasteiger partial charge in [0.1, 0.15) is 5.92 Å². The Hall–Kier alpha value is -2.95. The van der Waals surface area contributed by atoms with E-state index in [1.807, 2.05) is 67.6 Å². The number of carbonyl (C=O) groups is 1. The highest BCUT2D eigenvalue weighted by atomic mass is 16.2. The molecule has 1 amide bonds. The van der Waals surface area contributed by atoms with Crippen molar-refractivity contribution < 1.29 is 4.79 Å². The summed E-state index contributed by atoms with van der Waals surface area (Å²) < 4.78 is 0. The molecule has 1 aliphatic heterocycles. The maximum absolute atomic E-state index is 12.5. The maximum atomic E-state index is 12.5. The first-order chi connectivity index (χ1) is 10.8. The fourth-order valence-electron chi connectivity index (χ4n) is 2.20. The number of nitrogens with one attached hydrogen (secondary N) is 1. The molecule has 1 aliphatic rings. The average molecular weight is 292 g/mol. The van der Waals surface area contributed by atoms with Crippen LogP contribution in [0.4, 0.5) is 11.4 Å². The topological polar surface area (TPSA) is 57.1 Å². The second kappa shape index (κ2) is 6.22. The van der Waals surface area contributed by atoms with Crippen LogP contribution >= 0.6 is 0 Å². The molecule has 0 fully saturated rings. The maximum Gasteiger partial charge on any atom is 0.261 e. The summed E-state index contributed by atoms with van der Waals surface area (Å²) in [7, 11) is 0. The second-order valence-corrected chi connectivity index (χ2v) is 4.96. The minimum Gasteiger partial charge on any atom is -0.279 e. The third kappa shape index (κ3) is 2.88. The van der Waals surface area contributed by atoms with Crippen molar-refractivity contribution in [2.45, 2.75) is 6.92 Å². The minimum absolute atomic E-state index is 0.0951. The van der Waals surface area contributed by atoms with E-state index in [0.29, 0.717) is 0 Å². The van der Waals surface area contributed by atoms with E-state index in [4.69, 9.17) is 0 Å². The zero-order valence-corrected chi connectivity index (χ0v) is 12.2. The van der Waals surface area contributed by atoms with Gasteiger partial charge >= 0.3 is 0 Å². The van der Waals surface area contributed by atoms with Gasteiger partial charge in [-0.3, -0.25) is 10.2 Å². The minimum atomic E-state index is -0.434. The Morgan fingerprint density at radius 3 is 2.41 bits per heavy atom. The van der Waals surface area contributed by atoms with E-state index in [1.54, 1.807) is 6.21 Å². The Kier molecular flexibility index (Phi) is 3.96. The van der Waals surface area contributed by atoms with E-state index in [0.717, 1.165) is 17.1 Å². The molecular formula is C17H16N4O. The number of hydrogen-bond donors (Lipinski definition) is 1. The van der Waals surface area contributed by atoms with E-state index in [2.05, 4.69) is 15.6 Å². The highest BCUT2D eigenvalue weighted by molar-refractivity contribution is 6.23. The lowest BCUT2D eigenvalue weighted by atomic mass is 10.1. The van der Waals surface area contributed by atoms with Gasteiger partial charge in [0.05, 0.1) is 17.1 Å². The quantitative estimate of drug-likeness (QED) is 0.695. The van der Waals surface area contributed by atoms with Crippen LogP contribution in [-0.4, -0.2) is 17.8 Å². The van der Waals surface area contributed by atoms with E-state index < -0.39 is 5.92 Å². The number of anilines is 2. The predicted octanol–water partition coefficient (Wildman–Crippen LogP) is 3.12. The molecule has 0 radical (unpaired) electrons. The molecule has 0 aromatic heterocycles. The molecule has 0 saturated carbocycles. The lowest BCUT2D eigenvalue weighted by Crippen LogP contribution is -2.28. The van der Waals surface area contributed by atoms with E-state index >= 15 is 0 Å². The van der Waals surface area contributed by atoms with Crippen molar-refractivity contribution in [3.8, 4) is 0 Å². The van der Waals surface area contributed by atoms with Crippen LogP contribution < -0.4 is 10.4 Å². The summed E-state index contributed by atoms with van der Waals surface area (Å²) in [5, 5.41) is 9.90. The summed E-state index contributed by atoms with van der Waals surface area (Å²) in [6.45, 7) is 1.83. The van der Waals surface area contributed by atoms with Crippen molar-refractivity contribution in [1.29, 1.82) is 0 Å². The van der Waals surface area contributed by atoms with Crippen LogP contribution in [0, 0.1) is 5.92 Å². The average Bonchev–Trinajstić information content (AvgIpc) is 2.85. The van der Waals surface area contributed by atoms with Crippen molar-refractivity contribution in [3.63, 3.8) is 0 Å². The molecule has 22 heavy (non-hydrogen) atoms. The Bertz CT molecular complexity index is 710. The fraction of sp³-hybridized carbons (Fsp3) is 0.118. The monoisotopic (exact) mass is 292 g/mol. The van der Waals surface area contributed by atoms with Crippen LogP contribution in [0.25, 0.3) is 0 Å². The summed E-state index contributed by atoms with van der Waals surface area (Å²) in [4.78, 5) is 12.5. The van der Waals surface area contributed by atoms with Crippen LogP contribution in [0.1, 0.15) is 6.92 Å². The van der Waals surface area contributed by atoms with Crippen molar-refractivity contribution in [2.75, 3.05) is 10.4 Å². The van der Waals surface area contributed by atoms with Gasteiger partial charge in [0.25, 0.3) is 5.91 Å². The highest BCUT2D eigenvalue weighted by Crippen LogP contribution is 2.22. The molecule has 0 spiro atoms.